The van der Waals surface area contributed by atoms with Crippen LogP contribution in [0.15, 0.2) is 0 Å². The molecule has 3 atom stereocenters. The van der Waals surface area contributed by atoms with Crippen LogP contribution in [0.25, 0.3) is 0 Å². The molecule has 1 saturated heterocycles. The first-order valence-electron chi connectivity index (χ1n) is 4.83. The molecular weight excluding hydrogens is 170 g/mol. The van der Waals surface area contributed by atoms with E-state index in [0.29, 0.717) is 6.61 Å². The fraction of sp³-hybridized carbons (Fsp3) is 1.00. The zero-order valence-electron chi connectivity index (χ0n) is 8.11. The Hall–Kier alpha value is -0.160. The molecule has 0 spiro atoms. The molecule has 0 aromatic heterocycles. The number of aliphatic hydroxyl groups excluding tert-OH is 1. The Morgan fingerprint density at radius 3 is 3.08 bits per heavy atom. The lowest BCUT2D eigenvalue weighted by Crippen LogP contribution is -2.33. The minimum Gasteiger partial charge on any atom is -0.389 e. The van der Waals surface area contributed by atoms with Crippen molar-refractivity contribution in [3.8, 4) is 0 Å². The first-order chi connectivity index (χ1) is 6.22. The van der Waals surface area contributed by atoms with Crippen LogP contribution in [0.4, 0.5) is 0 Å². The van der Waals surface area contributed by atoms with Gasteiger partial charge in [-0.15, -0.1) is 0 Å². The summed E-state index contributed by atoms with van der Waals surface area (Å²) in [4.78, 5) is 0. The molecule has 1 aliphatic heterocycles. The van der Waals surface area contributed by atoms with Crippen molar-refractivity contribution in [2.24, 2.45) is 5.73 Å². The van der Waals surface area contributed by atoms with E-state index in [-0.39, 0.29) is 18.8 Å². The maximum Gasteiger partial charge on any atom is 0.0895 e. The second-order valence-corrected chi connectivity index (χ2v) is 3.55. The van der Waals surface area contributed by atoms with Gasteiger partial charge in [-0.1, -0.05) is 0 Å². The quantitative estimate of drug-likeness (QED) is 0.647. The van der Waals surface area contributed by atoms with Gasteiger partial charge in [0.1, 0.15) is 0 Å². The molecule has 0 saturated carbocycles. The normalized spacial score (nSPS) is 31.6. The predicted octanol–water partition coefficient (Wildman–Crippen LogP) is -0.110. The fourth-order valence-electron chi connectivity index (χ4n) is 1.42. The van der Waals surface area contributed by atoms with Gasteiger partial charge >= 0.3 is 0 Å². The third kappa shape index (κ3) is 4.04. The molecule has 3 unspecified atom stereocenters. The van der Waals surface area contributed by atoms with Crippen molar-refractivity contribution in [3.63, 3.8) is 0 Å². The van der Waals surface area contributed by atoms with Crippen molar-refractivity contribution in [1.29, 1.82) is 0 Å². The van der Waals surface area contributed by atoms with Crippen molar-refractivity contribution in [2.45, 2.75) is 38.1 Å². The van der Waals surface area contributed by atoms with Crippen molar-refractivity contribution < 1.29 is 14.6 Å². The second-order valence-electron chi connectivity index (χ2n) is 3.55. The smallest absolute Gasteiger partial charge is 0.0895 e. The Balaban J connectivity index is 2.13. The first kappa shape index (κ1) is 10.9. The van der Waals surface area contributed by atoms with Crippen LogP contribution >= 0.6 is 0 Å². The number of rotatable bonds is 4. The molecule has 0 aromatic rings. The van der Waals surface area contributed by atoms with Gasteiger partial charge in [-0.25, -0.2) is 0 Å². The van der Waals surface area contributed by atoms with E-state index in [0.717, 1.165) is 19.4 Å². The van der Waals surface area contributed by atoms with Crippen molar-refractivity contribution >= 4 is 0 Å². The summed E-state index contributed by atoms with van der Waals surface area (Å²) in [5, 5.41) is 9.17. The summed E-state index contributed by atoms with van der Waals surface area (Å²) in [7, 11) is 0. The van der Waals surface area contributed by atoms with E-state index >= 15 is 0 Å². The van der Waals surface area contributed by atoms with E-state index in [1.165, 1.54) is 0 Å². The fourth-order valence-corrected chi connectivity index (χ4v) is 1.42. The predicted molar refractivity (Wildman–Crippen MR) is 49.4 cm³/mol. The van der Waals surface area contributed by atoms with E-state index < -0.39 is 6.10 Å². The summed E-state index contributed by atoms with van der Waals surface area (Å²) in [6.45, 7) is 3.39. The van der Waals surface area contributed by atoms with Crippen molar-refractivity contribution in [2.75, 3.05) is 19.8 Å². The zero-order valence-corrected chi connectivity index (χ0v) is 8.11. The molecule has 0 radical (unpaired) electrons. The number of hydrogen-bond donors (Lipinski definition) is 2. The first-order valence-corrected chi connectivity index (χ1v) is 4.83. The molecule has 4 heteroatoms. The van der Waals surface area contributed by atoms with Gasteiger partial charge in [0.05, 0.1) is 24.9 Å². The number of aliphatic hydroxyl groups is 1. The highest BCUT2D eigenvalue weighted by molar-refractivity contribution is 4.69. The molecule has 0 aliphatic carbocycles. The summed E-state index contributed by atoms with van der Waals surface area (Å²) in [5.74, 6) is 0. The maximum atomic E-state index is 9.17. The van der Waals surface area contributed by atoms with E-state index in [1.807, 2.05) is 6.92 Å². The zero-order chi connectivity index (χ0) is 9.68. The highest BCUT2D eigenvalue weighted by Crippen LogP contribution is 2.16. The van der Waals surface area contributed by atoms with Crippen molar-refractivity contribution in [3.05, 3.63) is 0 Å². The maximum absolute atomic E-state index is 9.17. The van der Waals surface area contributed by atoms with E-state index in [2.05, 4.69) is 0 Å². The molecule has 0 bridgehead atoms. The van der Waals surface area contributed by atoms with Crippen LogP contribution in [0.2, 0.25) is 0 Å². The molecule has 78 valence electrons. The topological polar surface area (TPSA) is 64.7 Å². The average molecular weight is 189 g/mol. The van der Waals surface area contributed by atoms with Crippen LogP contribution in [0.3, 0.4) is 0 Å². The van der Waals surface area contributed by atoms with Gasteiger partial charge in [0.15, 0.2) is 0 Å². The van der Waals surface area contributed by atoms with Crippen molar-refractivity contribution in [1.82, 2.24) is 0 Å². The monoisotopic (exact) mass is 189 g/mol. The Morgan fingerprint density at radius 1 is 1.69 bits per heavy atom. The van der Waals surface area contributed by atoms with E-state index in [4.69, 9.17) is 15.2 Å². The lowest BCUT2D eigenvalue weighted by Gasteiger charge is -2.27. The number of ether oxygens (including phenoxy) is 2. The van der Waals surface area contributed by atoms with E-state index in [9.17, 15) is 5.11 Å². The molecule has 4 nitrogen and oxygen atoms in total. The van der Waals surface area contributed by atoms with Gasteiger partial charge < -0.3 is 20.3 Å². The van der Waals surface area contributed by atoms with Gasteiger partial charge in [0, 0.05) is 13.2 Å². The molecule has 1 heterocycles. The van der Waals surface area contributed by atoms with Crippen LogP contribution in [-0.4, -0.2) is 43.2 Å². The minimum absolute atomic E-state index is 0.227. The molecule has 1 fully saturated rings. The Labute approximate surface area is 79.0 Å². The SMILES string of the molecule is CC1CC(OCC(O)CN)CCO1. The Bertz CT molecular complexity index is 143. The van der Waals surface area contributed by atoms with Gasteiger partial charge in [-0.2, -0.15) is 0 Å². The van der Waals surface area contributed by atoms with Crippen LogP contribution in [0, 0.1) is 0 Å². The molecule has 1 aliphatic rings. The van der Waals surface area contributed by atoms with Gasteiger partial charge in [0.2, 0.25) is 0 Å². The summed E-state index contributed by atoms with van der Waals surface area (Å²) >= 11 is 0. The molecule has 1 rings (SSSR count). The number of nitrogens with two attached hydrogens (primary N) is 1. The molecule has 13 heavy (non-hydrogen) atoms. The molecule has 0 aromatic carbocycles. The van der Waals surface area contributed by atoms with Crippen LogP contribution in [-0.2, 0) is 9.47 Å². The summed E-state index contributed by atoms with van der Waals surface area (Å²) in [5.41, 5.74) is 5.26. The van der Waals surface area contributed by atoms with E-state index in [1.54, 1.807) is 0 Å². The number of hydrogen-bond acceptors (Lipinski definition) is 4. The average Bonchev–Trinajstić information content (AvgIpc) is 2.14. The summed E-state index contributed by atoms with van der Waals surface area (Å²) in [6, 6.07) is 0. The van der Waals surface area contributed by atoms with Crippen LogP contribution < -0.4 is 5.73 Å². The third-order valence-corrected chi connectivity index (χ3v) is 2.23. The van der Waals surface area contributed by atoms with Crippen LogP contribution in [0.5, 0.6) is 0 Å². The standard InChI is InChI=1S/C9H19NO3/c1-7-4-9(2-3-12-7)13-6-8(11)5-10/h7-9,11H,2-6,10H2,1H3. The second kappa shape index (κ2) is 5.54. The summed E-state index contributed by atoms with van der Waals surface area (Å²) in [6.07, 6.45) is 1.80. The molecular formula is C9H19NO3. The Morgan fingerprint density at radius 2 is 2.46 bits per heavy atom. The molecule has 0 amide bonds. The van der Waals surface area contributed by atoms with Gasteiger partial charge in [-0.05, 0) is 19.8 Å². The highest BCUT2D eigenvalue weighted by Gasteiger charge is 2.20. The molecule has 3 N–H and O–H groups in total. The third-order valence-electron chi connectivity index (χ3n) is 2.23. The lowest BCUT2D eigenvalue weighted by atomic mass is 10.1. The van der Waals surface area contributed by atoms with Gasteiger partial charge in [-0.3, -0.25) is 0 Å². The lowest BCUT2D eigenvalue weighted by molar-refractivity contribution is -0.0824. The summed E-state index contributed by atoms with van der Waals surface area (Å²) < 4.78 is 10.9. The Kier molecular flexibility index (Phi) is 4.66. The largest absolute Gasteiger partial charge is 0.389 e. The minimum atomic E-state index is -0.529. The highest BCUT2D eigenvalue weighted by atomic mass is 16.5. The van der Waals surface area contributed by atoms with Gasteiger partial charge in [0.25, 0.3) is 0 Å². The van der Waals surface area contributed by atoms with Crippen LogP contribution in [0.1, 0.15) is 19.8 Å².